The Morgan fingerprint density at radius 2 is 1.87 bits per heavy atom. The second-order valence-corrected chi connectivity index (χ2v) is 13.5. The van der Waals surface area contributed by atoms with Crippen molar-refractivity contribution in [3.63, 3.8) is 0 Å². The summed E-state index contributed by atoms with van der Waals surface area (Å²) < 4.78 is 6.98. The molecular formula is C15H26BrN3O3Si. The average molecular weight is 404 g/mol. The zero-order valence-electron chi connectivity index (χ0n) is 14.8. The van der Waals surface area contributed by atoms with E-state index < -0.39 is 24.9 Å². The fourth-order valence-electron chi connectivity index (χ4n) is 1.89. The minimum absolute atomic E-state index is 0.0322. The highest BCUT2D eigenvalue weighted by Gasteiger charge is 2.44. The summed E-state index contributed by atoms with van der Waals surface area (Å²) >= 11 is 3.28. The number of nitrogens with zero attached hydrogens (tertiary/aromatic N) is 2. The normalized spacial score (nSPS) is 14.7. The Morgan fingerprint density at radius 1 is 1.35 bits per heavy atom. The number of hydrogen-bond acceptors (Lipinski definition) is 5. The summed E-state index contributed by atoms with van der Waals surface area (Å²) in [6, 6.07) is 1.63. The van der Waals surface area contributed by atoms with Crippen LogP contribution >= 0.6 is 15.9 Å². The second-order valence-electron chi connectivity index (χ2n) is 7.90. The second kappa shape index (κ2) is 6.58. The molecule has 0 radical (unpaired) electrons. The molecule has 0 aromatic carbocycles. The molecule has 1 aromatic rings. The van der Waals surface area contributed by atoms with Gasteiger partial charge in [-0.3, -0.25) is 10.1 Å². The summed E-state index contributed by atoms with van der Waals surface area (Å²) in [7, 11) is -2.17. The van der Waals surface area contributed by atoms with E-state index in [1.165, 1.54) is 6.20 Å². The van der Waals surface area contributed by atoms with Crippen LogP contribution in [0.25, 0.3) is 0 Å². The Hall–Kier alpha value is -0.833. The SMILES string of the molecule is CC(C)(N)C(O[Si](C)(C)C(C)(C)C)c1cc(Br)ncc1[N+](=O)[O-]. The molecule has 0 saturated heterocycles. The number of pyridine rings is 1. The maximum atomic E-state index is 11.4. The van der Waals surface area contributed by atoms with Crippen LogP contribution in [0.5, 0.6) is 0 Å². The van der Waals surface area contributed by atoms with Gasteiger partial charge in [-0.05, 0) is 54.0 Å². The standard InChI is InChI=1S/C15H26BrN3O3Si/c1-14(2,3)23(6,7)22-13(15(4,5)17)10-8-12(16)18-9-11(10)19(20)21/h8-9,13H,17H2,1-7H3. The predicted molar refractivity (Wildman–Crippen MR) is 97.9 cm³/mol. The molecule has 23 heavy (non-hydrogen) atoms. The van der Waals surface area contributed by atoms with Crippen LogP contribution in [0.1, 0.15) is 46.3 Å². The molecule has 0 aliphatic rings. The molecule has 8 heteroatoms. The van der Waals surface area contributed by atoms with E-state index in [9.17, 15) is 10.1 Å². The molecule has 0 aliphatic heterocycles. The first-order valence-corrected chi connectivity index (χ1v) is 11.1. The first-order valence-electron chi connectivity index (χ1n) is 7.43. The van der Waals surface area contributed by atoms with Crippen LogP contribution in [0.15, 0.2) is 16.9 Å². The molecule has 0 aliphatic carbocycles. The first kappa shape index (κ1) is 20.2. The van der Waals surface area contributed by atoms with Crippen LogP contribution in [0, 0.1) is 10.1 Å². The lowest BCUT2D eigenvalue weighted by Crippen LogP contribution is -2.49. The van der Waals surface area contributed by atoms with Gasteiger partial charge in [0.2, 0.25) is 0 Å². The van der Waals surface area contributed by atoms with Crippen molar-refractivity contribution in [2.75, 3.05) is 0 Å². The molecule has 1 atom stereocenters. The number of rotatable bonds is 5. The van der Waals surface area contributed by atoms with E-state index in [0.717, 1.165) is 0 Å². The van der Waals surface area contributed by atoms with Gasteiger partial charge in [-0.25, -0.2) is 4.98 Å². The Labute approximate surface area is 147 Å². The van der Waals surface area contributed by atoms with E-state index in [1.807, 2.05) is 13.8 Å². The predicted octanol–water partition coefficient (Wildman–Crippen LogP) is 4.55. The Morgan fingerprint density at radius 3 is 2.26 bits per heavy atom. The van der Waals surface area contributed by atoms with Crippen LogP contribution in [-0.4, -0.2) is 23.8 Å². The highest BCUT2D eigenvalue weighted by atomic mass is 79.9. The van der Waals surface area contributed by atoms with Gasteiger partial charge in [0.05, 0.1) is 16.6 Å². The largest absolute Gasteiger partial charge is 0.408 e. The lowest BCUT2D eigenvalue weighted by Gasteiger charge is -2.43. The van der Waals surface area contributed by atoms with Crippen LogP contribution in [0.3, 0.4) is 0 Å². The highest BCUT2D eigenvalue weighted by molar-refractivity contribution is 9.10. The summed E-state index contributed by atoms with van der Waals surface area (Å²) in [6.45, 7) is 14.2. The number of halogens is 1. The highest BCUT2D eigenvalue weighted by Crippen LogP contribution is 2.43. The van der Waals surface area contributed by atoms with Gasteiger partial charge in [0.25, 0.3) is 5.69 Å². The molecule has 0 amide bonds. The maximum absolute atomic E-state index is 11.4. The van der Waals surface area contributed by atoms with Crippen molar-refractivity contribution in [2.24, 2.45) is 5.73 Å². The molecule has 130 valence electrons. The van der Waals surface area contributed by atoms with Gasteiger partial charge in [0.1, 0.15) is 10.8 Å². The van der Waals surface area contributed by atoms with Crippen molar-refractivity contribution in [3.05, 3.63) is 32.5 Å². The fraction of sp³-hybridized carbons (Fsp3) is 0.667. The van der Waals surface area contributed by atoms with Crippen molar-refractivity contribution >= 4 is 29.9 Å². The number of nitro groups is 1. The van der Waals surface area contributed by atoms with Crippen molar-refractivity contribution in [2.45, 2.75) is 64.4 Å². The quantitative estimate of drug-likeness (QED) is 0.336. The van der Waals surface area contributed by atoms with E-state index in [2.05, 4.69) is 54.8 Å². The van der Waals surface area contributed by atoms with Gasteiger partial charge in [0, 0.05) is 5.54 Å². The summed E-state index contributed by atoms with van der Waals surface area (Å²) in [4.78, 5) is 14.9. The molecule has 1 unspecified atom stereocenters. The van der Waals surface area contributed by atoms with Gasteiger partial charge in [0.15, 0.2) is 8.32 Å². The van der Waals surface area contributed by atoms with E-state index in [-0.39, 0.29) is 10.7 Å². The summed E-state index contributed by atoms with van der Waals surface area (Å²) in [5, 5.41) is 11.4. The molecule has 0 saturated carbocycles. The number of nitrogens with two attached hydrogens (primary N) is 1. The minimum Gasteiger partial charge on any atom is -0.408 e. The maximum Gasteiger partial charge on any atom is 0.293 e. The monoisotopic (exact) mass is 403 g/mol. The van der Waals surface area contributed by atoms with Gasteiger partial charge in [-0.2, -0.15) is 0 Å². The molecule has 1 heterocycles. The molecule has 0 bridgehead atoms. The molecule has 1 rings (SSSR count). The van der Waals surface area contributed by atoms with E-state index in [1.54, 1.807) is 6.07 Å². The summed E-state index contributed by atoms with van der Waals surface area (Å²) in [5.74, 6) is 0. The number of hydrogen-bond donors (Lipinski definition) is 1. The topological polar surface area (TPSA) is 91.3 Å². The smallest absolute Gasteiger partial charge is 0.293 e. The Bertz CT molecular complexity index is 595. The summed E-state index contributed by atoms with van der Waals surface area (Å²) in [6.07, 6.45) is 0.649. The Kier molecular flexibility index (Phi) is 5.78. The van der Waals surface area contributed by atoms with Gasteiger partial charge < -0.3 is 10.2 Å². The summed E-state index contributed by atoms with van der Waals surface area (Å²) in [5.41, 5.74) is 5.92. The zero-order valence-corrected chi connectivity index (χ0v) is 17.4. The molecule has 0 fully saturated rings. The lowest BCUT2D eigenvalue weighted by atomic mass is 9.92. The fourth-order valence-corrected chi connectivity index (χ4v) is 3.61. The van der Waals surface area contributed by atoms with Crippen LogP contribution in [0.2, 0.25) is 18.1 Å². The van der Waals surface area contributed by atoms with E-state index >= 15 is 0 Å². The molecule has 6 nitrogen and oxygen atoms in total. The first-order chi connectivity index (χ1) is 10.2. The minimum atomic E-state index is -2.17. The Balaban J connectivity index is 3.46. The van der Waals surface area contributed by atoms with Crippen LogP contribution in [-0.2, 0) is 4.43 Å². The van der Waals surface area contributed by atoms with Crippen molar-refractivity contribution in [1.29, 1.82) is 0 Å². The molecule has 0 spiro atoms. The van der Waals surface area contributed by atoms with Gasteiger partial charge >= 0.3 is 0 Å². The average Bonchev–Trinajstić information content (AvgIpc) is 2.32. The number of aromatic nitrogens is 1. The lowest BCUT2D eigenvalue weighted by molar-refractivity contribution is -0.386. The van der Waals surface area contributed by atoms with Crippen molar-refractivity contribution < 1.29 is 9.35 Å². The third-order valence-corrected chi connectivity index (χ3v) is 9.13. The van der Waals surface area contributed by atoms with Gasteiger partial charge in [-0.1, -0.05) is 20.8 Å². The van der Waals surface area contributed by atoms with E-state index in [0.29, 0.717) is 10.2 Å². The molecule has 2 N–H and O–H groups in total. The third kappa shape index (κ3) is 4.82. The van der Waals surface area contributed by atoms with E-state index in [4.69, 9.17) is 10.2 Å². The van der Waals surface area contributed by atoms with Gasteiger partial charge in [-0.15, -0.1) is 0 Å². The third-order valence-electron chi connectivity index (χ3n) is 4.25. The van der Waals surface area contributed by atoms with Crippen LogP contribution < -0.4 is 5.73 Å². The van der Waals surface area contributed by atoms with Crippen LogP contribution in [0.4, 0.5) is 5.69 Å². The van der Waals surface area contributed by atoms with Crippen molar-refractivity contribution in [1.82, 2.24) is 4.98 Å². The zero-order chi connectivity index (χ0) is 18.2. The molecule has 1 aromatic heterocycles. The molecular weight excluding hydrogens is 378 g/mol. The van der Waals surface area contributed by atoms with Crippen molar-refractivity contribution in [3.8, 4) is 0 Å².